The molecule has 9 N–H and O–H groups in total. The van der Waals surface area contributed by atoms with Crippen LogP contribution in [-0.4, -0.2) is 86.6 Å². The molecule has 0 saturated carbocycles. The summed E-state index contributed by atoms with van der Waals surface area (Å²) in [4.78, 5) is 62.4. The number of carbonyl (C=O) groups excluding carboxylic acids is 4. The summed E-state index contributed by atoms with van der Waals surface area (Å²) in [5.74, 6) is -4.06. The lowest BCUT2D eigenvalue weighted by Crippen LogP contribution is -2.59. The van der Waals surface area contributed by atoms with Gasteiger partial charge in [0, 0.05) is 19.4 Å². The summed E-state index contributed by atoms with van der Waals surface area (Å²) in [5, 5.41) is 33.9. The third-order valence-electron chi connectivity index (χ3n) is 5.91. The summed E-state index contributed by atoms with van der Waals surface area (Å²) in [6.45, 7) is 1.46. The van der Waals surface area contributed by atoms with Crippen molar-refractivity contribution in [2.75, 3.05) is 6.54 Å². The molecule has 4 amide bonds. The highest BCUT2D eigenvalue weighted by molar-refractivity contribution is 5.95. The average molecular weight is 508 g/mol. The number of carbonyl (C=O) groups is 5. The van der Waals surface area contributed by atoms with E-state index in [2.05, 4.69) is 10.6 Å². The number of carboxylic acids is 1. The molecule has 0 bridgehead atoms. The smallest absolute Gasteiger partial charge is 0.326 e. The molecule has 1 aliphatic heterocycles. The number of nitrogens with zero attached hydrogens (tertiary/aromatic N) is 1. The number of rotatable bonds is 12. The van der Waals surface area contributed by atoms with Crippen molar-refractivity contribution < 1.29 is 39.3 Å². The Morgan fingerprint density at radius 3 is 2.33 bits per heavy atom. The quantitative estimate of drug-likeness (QED) is 0.165. The number of primary amides is 1. The fourth-order valence-corrected chi connectivity index (χ4v) is 3.90. The van der Waals surface area contributed by atoms with Crippen LogP contribution in [0.15, 0.2) is 24.3 Å². The van der Waals surface area contributed by atoms with Crippen molar-refractivity contribution in [2.45, 2.75) is 69.3 Å². The van der Waals surface area contributed by atoms with Crippen LogP contribution in [0.2, 0.25) is 0 Å². The Balaban J connectivity index is 2.08. The molecule has 0 radical (unpaired) electrons. The highest BCUT2D eigenvalue weighted by Crippen LogP contribution is 2.20. The van der Waals surface area contributed by atoms with Crippen LogP contribution in [0.5, 0.6) is 5.75 Å². The molecule has 5 atom stereocenters. The van der Waals surface area contributed by atoms with Gasteiger partial charge in [0.25, 0.3) is 0 Å². The number of hydrogen-bond donors (Lipinski definition) is 7. The zero-order valence-corrected chi connectivity index (χ0v) is 19.9. The number of aliphatic carboxylic acids is 1. The topological polar surface area (TPSA) is 225 Å². The van der Waals surface area contributed by atoms with Crippen LogP contribution in [0.4, 0.5) is 0 Å². The maximum Gasteiger partial charge on any atom is 0.326 e. The van der Waals surface area contributed by atoms with Gasteiger partial charge in [0.15, 0.2) is 0 Å². The normalized spacial score (nSPS) is 18.5. The average Bonchev–Trinajstić information content (AvgIpc) is 3.31. The Kier molecular flexibility index (Phi) is 10.2. The molecular formula is C23H33N5O8. The van der Waals surface area contributed by atoms with Crippen LogP contribution < -0.4 is 22.1 Å². The number of phenolic OH excluding ortho intramolecular Hbond substituents is 1. The fourth-order valence-electron chi connectivity index (χ4n) is 3.90. The largest absolute Gasteiger partial charge is 0.508 e. The first-order chi connectivity index (χ1) is 16.9. The van der Waals surface area contributed by atoms with E-state index in [9.17, 15) is 39.3 Å². The van der Waals surface area contributed by atoms with E-state index in [4.69, 9.17) is 11.5 Å². The van der Waals surface area contributed by atoms with Gasteiger partial charge in [-0.3, -0.25) is 19.2 Å². The van der Waals surface area contributed by atoms with E-state index < -0.39 is 59.9 Å². The van der Waals surface area contributed by atoms with Crippen LogP contribution >= 0.6 is 0 Å². The summed E-state index contributed by atoms with van der Waals surface area (Å²) in [7, 11) is 0. The molecule has 198 valence electrons. The second-order valence-electron chi connectivity index (χ2n) is 8.80. The van der Waals surface area contributed by atoms with Crippen LogP contribution in [0.1, 0.15) is 38.2 Å². The molecule has 2 rings (SSSR count). The second kappa shape index (κ2) is 12.8. The predicted molar refractivity (Wildman–Crippen MR) is 126 cm³/mol. The van der Waals surface area contributed by atoms with Crippen LogP contribution in [0.25, 0.3) is 0 Å². The Labute approximate surface area is 207 Å². The minimum Gasteiger partial charge on any atom is -0.508 e. The third kappa shape index (κ3) is 7.92. The lowest BCUT2D eigenvalue weighted by molar-refractivity contribution is -0.146. The first kappa shape index (κ1) is 28.5. The summed E-state index contributed by atoms with van der Waals surface area (Å²) in [6, 6.07) is 1.05. The van der Waals surface area contributed by atoms with E-state index in [1.165, 1.54) is 36.1 Å². The Bertz CT molecular complexity index is 968. The number of aromatic hydroxyl groups is 1. The van der Waals surface area contributed by atoms with E-state index in [0.717, 1.165) is 0 Å². The summed E-state index contributed by atoms with van der Waals surface area (Å²) in [5.41, 5.74) is 11.4. The molecule has 1 aromatic rings. The molecule has 1 aliphatic rings. The van der Waals surface area contributed by atoms with Crippen molar-refractivity contribution in [1.29, 1.82) is 0 Å². The lowest BCUT2D eigenvalue weighted by Gasteiger charge is -2.31. The van der Waals surface area contributed by atoms with Crippen LogP contribution in [0, 0.1) is 0 Å². The van der Waals surface area contributed by atoms with Gasteiger partial charge in [0.1, 0.15) is 23.9 Å². The first-order valence-electron chi connectivity index (χ1n) is 11.5. The number of nitrogens with one attached hydrogen (secondary N) is 2. The SMILES string of the molecule is CC(O)C(NC(=O)C(N)CCC(N)=O)C(=O)N1CCCC1C(=O)NC(Cc1ccc(O)cc1)C(=O)O. The van der Waals surface area contributed by atoms with Gasteiger partial charge in [-0.15, -0.1) is 0 Å². The molecule has 1 aromatic carbocycles. The van der Waals surface area contributed by atoms with Crippen molar-refractivity contribution in [3.8, 4) is 5.75 Å². The van der Waals surface area contributed by atoms with Gasteiger partial charge in [-0.2, -0.15) is 0 Å². The Morgan fingerprint density at radius 2 is 1.78 bits per heavy atom. The zero-order valence-electron chi connectivity index (χ0n) is 19.9. The van der Waals surface area contributed by atoms with E-state index in [-0.39, 0.29) is 38.0 Å². The molecular weight excluding hydrogens is 474 g/mol. The van der Waals surface area contributed by atoms with Crippen molar-refractivity contribution >= 4 is 29.6 Å². The van der Waals surface area contributed by atoms with Gasteiger partial charge in [0.2, 0.25) is 23.6 Å². The number of benzene rings is 1. The highest BCUT2D eigenvalue weighted by Gasteiger charge is 2.40. The number of nitrogens with two attached hydrogens (primary N) is 2. The Hall–Kier alpha value is -3.71. The maximum absolute atomic E-state index is 13.2. The van der Waals surface area contributed by atoms with Gasteiger partial charge >= 0.3 is 5.97 Å². The standard InChI is InChI=1S/C23H33N5O8/c1-12(29)19(27-20(32)15(24)8-9-18(25)31)22(34)28-10-2-3-17(28)21(33)26-16(23(35)36)11-13-4-6-14(30)7-5-13/h4-7,12,15-17,19,29-30H,2-3,8-11,24H2,1H3,(H2,25,31)(H,26,33)(H,27,32)(H,35,36). The molecule has 0 aliphatic carbocycles. The third-order valence-corrected chi connectivity index (χ3v) is 5.91. The minimum atomic E-state index is -1.40. The van der Waals surface area contributed by atoms with Crippen molar-refractivity contribution in [3.63, 3.8) is 0 Å². The monoisotopic (exact) mass is 507 g/mol. The van der Waals surface area contributed by atoms with Gasteiger partial charge in [-0.05, 0) is 43.9 Å². The Morgan fingerprint density at radius 1 is 1.14 bits per heavy atom. The van der Waals surface area contributed by atoms with E-state index in [0.29, 0.717) is 12.0 Å². The number of aliphatic hydroxyl groups is 1. The molecule has 1 saturated heterocycles. The summed E-state index contributed by atoms with van der Waals surface area (Å²) >= 11 is 0. The zero-order chi connectivity index (χ0) is 27.0. The van der Waals surface area contributed by atoms with Gasteiger partial charge < -0.3 is 42.3 Å². The second-order valence-corrected chi connectivity index (χ2v) is 8.80. The van der Waals surface area contributed by atoms with Crippen LogP contribution in [0.3, 0.4) is 0 Å². The fraction of sp³-hybridized carbons (Fsp3) is 0.522. The number of carboxylic acid groups (broad SMARTS) is 1. The molecule has 13 nitrogen and oxygen atoms in total. The van der Waals surface area contributed by atoms with E-state index in [1.54, 1.807) is 0 Å². The molecule has 1 heterocycles. The van der Waals surface area contributed by atoms with Gasteiger partial charge in [0.05, 0.1) is 12.1 Å². The molecule has 0 aromatic heterocycles. The number of hydrogen-bond acceptors (Lipinski definition) is 8. The summed E-state index contributed by atoms with van der Waals surface area (Å²) in [6.07, 6.45) is -0.827. The minimum absolute atomic E-state index is 0.0170. The van der Waals surface area contributed by atoms with Crippen LogP contribution in [-0.2, 0) is 30.4 Å². The first-order valence-corrected chi connectivity index (χ1v) is 11.5. The number of amides is 4. The van der Waals surface area contributed by atoms with Crippen molar-refractivity contribution in [1.82, 2.24) is 15.5 Å². The maximum atomic E-state index is 13.2. The molecule has 36 heavy (non-hydrogen) atoms. The van der Waals surface area contributed by atoms with Gasteiger partial charge in [-0.25, -0.2) is 4.79 Å². The van der Waals surface area contributed by atoms with E-state index in [1.807, 2.05) is 0 Å². The lowest BCUT2D eigenvalue weighted by atomic mass is 10.0. The molecule has 5 unspecified atom stereocenters. The molecule has 13 heteroatoms. The van der Waals surface area contributed by atoms with E-state index >= 15 is 0 Å². The van der Waals surface area contributed by atoms with Crippen molar-refractivity contribution in [3.05, 3.63) is 29.8 Å². The molecule has 0 spiro atoms. The number of aliphatic hydroxyl groups excluding tert-OH is 1. The highest BCUT2D eigenvalue weighted by atomic mass is 16.4. The number of likely N-dealkylation sites (tertiary alicyclic amines) is 1. The van der Waals surface area contributed by atoms with Gasteiger partial charge in [-0.1, -0.05) is 12.1 Å². The summed E-state index contributed by atoms with van der Waals surface area (Å²) < 4.78 is 0. The van der Waals surface area contributed by atoms with Crippen molar-refractivity contribution in [2.24, 2.45) is 11.5 Å². The number of phenols is 1. The molecule has 1 fully saturated rings. The predicted octanol–water partition coefficient (Wildman–Crippen LogP) is -2.05.